The fourth-order valence-electron chi connectivity index (χ4n) is 1.24. The Balaban J connectivity index is 4.19. The average molecular weight is 287 g/mol. The molecule has 0 rings (SSSR count). The number of aliphatic carboxylic acids is 1. The Labute approximate surface area is 101 Å². The van der Waals surface area contributed by atoms with Crippen LogP contribution < -0.4 is 4.72 Å². The first-order valence-corrected chi connectivity index (χ1v) is 8.62. The molecule has 7 nitrogen and oxygen atoms in total. The lowest BCUT2D eigenvalue weighted by Gasteiger charge is -2.12. The Morgan fingerprint density at radius 1 is 1.29 bits per heavy atom. The van der Waals surface area contributed by atoms with Crippen molar-refractivity contribution < 1.29 is 26.7 Å². The summed E-state index contributed by atoms with van der Waals surface area (Å²) in [5, 5.41) is 7.44. The molecule has 17 heavy (non-hydrogen) atoms. The molecule has 0 aromatic heterocycles. The summed E-state index contributed by atoms with van der Waals surface area (Å²) in [7, 11) is -7.48. The molecule has 9 heteroatoms. The van der Waals surface area contributed by atoms with Crippen LogP contribution in [0.1, 0.15) is 26.2 Å². The third-order valence-electron chi connectivity index (χ3n) is 1.78. The minimum absolute atomic E-state index is 0.0435. The normalized spacial score (nSPS) is 14.5. The van der Waals surface area contributed by atoms with Crippen LogP contribution >= 0.6 is 0 Å². The van der Waals surface area contributed by atoms with E-state index in [1.165, 1.54) is 0 Å². The van der Waals surface area contributed by atoms with E-state index < -0.39 is 37.0 Å². The van der Waals surface area contributed by atoms with Gasteiger partial charge >= 0.3 is 5.97 Å². The van der Waals surface area contributed by atoms with Gasteiger partial charge in [-0.2, -0.15) is 0 Å². The molecule has 0 saturated carbocycles. The molecule has 2 N–H and O–H groups in total. The van der Waals surface area contributed by atoms with Crippen LogP contribution in [0, 0.1) is 0 Å². The molecule has 0 aromatic rings. The minimum atomic E-state index is -3.87. The summed E-state index contributed by atoms with van der Waals surface area (Å²) < 4.78 is 46.6. The predicted molar refractivity (Wildman–Crippen MR) is 62.7 cm³/mol. The highest BCUT2D eigenvalue weighted by molar-refractivity contribution is 8.06. The monoisotopic (exact) mass is 287 g/mol. The van der Waals surface area contributed by atoms with Crippen LogP contribution in [-0.2, 0) is 24.7 Å². The van der Waals surface area contributed by atoms with E-state index in [2.05, 4.69) is 4.72 Å². The lowest BCUT2D eigenvalue weighted by molar-refractivity contribution is -0.137. The molecule has 0 saturated heterocycles. The summed E-state index contributed by atoms with van der Waals surface area (Å²) in [4.78, 5) is 10.2. The number of nitrogens with one attached hydrogen (secondary N) is 1. The predicted octanol–water partition coefficient (Wildman–Crippen LogP) is -0.449. The largest absolute Gasteiger partial charge is 0.481 e. The van der Waals surface area contributed by atoms with Crippen molar-refractivity contribution in [2.45, 2.75) is 32.2 Å². The number of hydrogen-bond acceptors (Lipinski definition) is 5. The molecule has 0 aliphatic heterocycles. The van der Waals surface area contributed by atoms with Gasteiger partial charge in [-0.3, -0.25) is 4.79 Å². The van der Waals surface area contributed by atoms with Crippen molar-refractivity contribution >= 4 is 25.8 Å². The molecule has 1 unspecified atom stereocenters. The van der Waals surface area contributed by atoms with Gasteiger partial charge in [0.05, 0.1) is 0 Å². The van der Waals surface area contributed by atoms with Crippen molar-refractivity contribution in [3.63, 3.8) is 0 Å². The number of rotatable bonds is 8. The van der Waals surface area contributed by atoms with Gasteiger partial charge in [0.2, 0.25) is 10.0 Å². The molecule has 0 aliphatic carbocycles. The Bertz CT molecular complexity index is 452. The first-order chi connectivity index (χ1) is 7.52. The fourth-order valence-corrected chi connectivity index (χ4v) is 4.50. The Morgan fingerprint density at radius 2 is 1.82 bits per heavy atom. The number of carboxylic acid groups (broad SMARTS) is 1. The third-order valence-corrected chi connectivity index (χ3v) is 5.49. The number of sulfone groups is 1. The van der Waals surface area contributed by atoms with E-state index in [-0.39, 0.29) is 6.42 Å². The molecular formula is C8H17NO6S2. The van der Waals surface area contributed by atoms with Gasteiger partial charge in [0.25, 0.3) is 0 Å². The van der Waals surface area contributed by atoms with Crippen molar-refractivity contribution in [3.05, 3.63) is 0 Å². The molecule has 0 heterocycles. The second-order valence-electron chi connectivity index (χ2n) is 3.96. The first-order valence-electron chi connectivity index (χ1n) is 4.91. The van der Waals surface area contributed by atoms with Crippen molar-refractivity contribution in [1.29, 1.82) is 0 Å². The summed E-state index contributed by atoms with van der Waals surface area (Å²) in [6, 6.07) is -0.485. The molecule has 0 fully saturated rings. The molecule has 0 aromatic carbocycles. The van der Waals surface area contributed by atoms with Crippen molar-refractivity contribution in [3.8, 4) is 0 Å². The summed E-state index contributed by atoms with van der Waals surface area (Å²) >= 11 is 0. The molecule has 102 valence electrons. The summed E-state index contributed by atoms with van der Waals surface area (Å²) in [6.07, 6.45) is 1.46. The van der Waals surface area contributed by atoms with E-state index >= 15 is 0 Å². The van der Waals surface area contributed by atoms with Crippen LogP contribution in [0.15, 0.2) is 0 Å². The van der Waals surface area contributed by atoms with Crippen LogP contribution in [0.2, 0.25) is 0 Å². The molecule has 0 bridgehead atoms. The molecule has 0 amide bonds. The van der Waals surface area contributed by atoms with Crippen molar-refractivity contribution in [1.82, 2.24) is 4.72 Å². The SMILES string of the molecule is CC(CCCC(=O)O)NS(=O)(=O)CS(C)(=O)=O. The molecule has 0 radical (unpaired) electrons. The van der Waals surface area contributed by atoms with Crippen molar-refractivity contribution in [2.75, 3.05) is 11.3 Å². The molecule has 1 atom stereocenters. The van der Waals surface area contributed by atoms with Gasteiger partial charge in [-0.15, -0.1) is 0 Å². The van der Waals surface area contributed by atoms with Crippen LogP contribution in [0.25, 0.3) is 0 Å². The zero-order chi connectivity index (χ0) is 13.7. The van der Waals surface area contributed by atoms with Crippen LogP contribution in [0.5, 0.6) is 0 Å². The maximum Gasteiger partial charge on any atom is 0.303 e. The summed E-state index contributed by atoms with van der Waals surface area (Å²) in [6.45, 7) is 1.56. The molecule has 0 aliphatic rings. The van der Waals surface area contributed by atoms with E-state index in [1.807, 2.05) is 0 Å². The van der Waals surface area contributed by atoms with E-state index in [1.54, 1.807) is 6.92 Å². The second kappa shape index (κ2) is 6.31. The third kappa shape index (κ3) is 10.2. The van der Waals surface area contributed by atoms with E-state index in [0.717, 1.165) is 6.26 Å². The van der Waals surface area contributed by atoms with Crippen LogP contribution in [0.3, 0.4) is 0 Å². The smallest absolute Gasteiger partial charge is 0.303 e. The number of carbonyl (C=O) groups is 1. The summed E-state index contributed by atoms with van der Waals surface area (Å²) in [5.41, 5.74) is 0. The lowest BCUT2D eigenvalue weighted by Crippen LogP contribution is -2.36. The van der Waals surface area contributed by atoms with Crippen LogP contribution in [0.4, 0.5) is 0 Å². The highest BCUT2D eigenvalue weighted by Crippen LogP contribution is 2.03. The fraction of sp³-hybridized carbons (Fsp3) is 0.875. The highest BCUT2D eigenvalue weighted by Gasteiger charge is 2.20. The van der Waals surface area contributed by atoms with Gasteiger partial charge < -0.3 is 5.11 Å². The molecular weight excluding hydrogens is 270 g/mol. The quantitative estimate of drug-likeness (QED) is 0.624. The van der Waals surface area contributed by atoms with E-state index in [4.69, 9.17) is 5.11 Å². The number of hydrogen-bond donors (Lipinski definition) is 2. The average Bonchev–Trinajstić information content (AvgIpc) is 1.95. The maximum atomic E-state index is 11.3. The second-order valence-corrected chi connectivity index (χ2v) is 8.22. The van der Waals surface area contributed by atoms with Gasteiger partial charge in [0.15, 0.2) is 14.9 Å². The number of sulfonamides is 1. The first kappa shape index (κ1) is 16.3. The maximum absolute atomic E-state index is 11.3. The van der Waals surface area contributed by atoms with Gasteiger partial charge in [0, 0.05) is 18.7 Å². The van der Waals surface area contributed by atoms with Crippen molar-refractivity contribution in [2.24, 2.45) is 0 Å². The van der Waals surface area contributed by atoms with Crippen LogP contribution in [-0.4, -0.2) is 45.3 Å². The number of carboxylic acids is 1. The Morgan fingerprint density at radius 3 is 2.24 bits per heavy atom. The lowest BCUT2D eigenvalue weighted by atomic mass is 10.1. The zero-order valence-electron chi connectivity index (χ0n) is 9.71. The summed E-state index contributed by atoms with van der Waals surface area (Å²) in [5.74, 6) is -0.948. The standard InChI is InChI=1S/C8H17NO6S2/c1-7(4-3-5-8(10)11)9-17(14,15)6-16(2,12)13/h7,9H,3-6H2,1-2H3,(H,10,11). The minimum Gasteiger partial charge on any atom is -0.481 e. The van der Waals surface area contributed by atoms with Gasteiger partial charge in [-0.25, -0.2) is 21.6 Å². The highest BCUT2D eigenvalue weighted by atomic mass is 32.3. The van der Waals surface area contributed by atoms with Gasteiger partial charge in [-0.1, -0.05) is 0 Å². The topological polar surface area (TPSA) is 118 Å². The van der Waals surface area contributed by atoms with E-state index in [9.17, 15) is 21.6 Å². The Hall–Kier alpha value is -0.670. The molecule has 0 spiro atoms. The van der Waals surface area contributed by atoms with Gasteiger partial charge in [0.1, 0.15) is 0 Å². The zero-order valence-corrected chi connectivity index (χ0v) is 11.3. The Kier molecular flexibility index (Phi) is 6.06. The van der Waals surface area contributed by atoms with E-state index in [0.29, 0.717) is 12.8 Å². The van der Waals surface area contributed by atoms with Gasteiger partial charge in [-0.05, 0) is 19.8 Å².